The summed E-state index contributed by atoms with van der Waals surface area (Å²) in [5.74, 6) is 0. The van der Waals surface area contributed by atoms with Crippen LogP contribution >= 0.6 is 15.9 Å². The van der Waals surface area contributed by atoms with E-state index in [0.717, 1.165) is 16.7 Å². The quantitative estimate of drug-likeness (QED) is 0.864. The summed E-state index contributed by atoms with van der Waals surface area (Å²) < 4.78 is 0.860. The normalized spacial score (nSPS) is 12.1. The monoisotopic (exact) mass is 290 g/mol. The maximum Gasteiger partial charge on any atom is 0.106 e. The van der Waals surface area contributed by atoms with E-state index < -0.39 is 0 Å². The summed E-state index contributed by atoms with van der Waals surface area (Å²) in [7, 11) is 0. The molecule has 1 atom stereocenters. The van der Waals surface area contributed by atoms with Gasteiger partial charge >= 0.3 is 0 Å². The number of nitrogens with zero attached hydrogens (tertiary/aromatic N) is 1. The largest absolute Gasteiger partial charge is 0.381 e. The molecule has 2 nitrogen and oxygen atoms in total. The van der Waals surface area contributed by atoms with Crippen LogP contribution in [0.2, 0.25) is 0 Å². The van der Waals surface area contributed by atoms with Crippen molar-refractivity contribution in [1.82, 2.24) is 4.98 Å². The van der Waals surface area contributed by atoms with Gasteiger partial charge in [-0.3, -0.25) is 0 Å². The molecule has 0 saturated carbocycles. The highest BCUT2D eigenvalue weighted by atomic mass is 79.9. The van der Waals surface area contributed by atoms with Gasteiger partial charge in [0.1, 0.15) is 4.60 Å². The highest BCUT2D eigenvalue weighted by Gasteiger charge is 2.03. The van der Waals surface area contributed by atoms with Crippen molar-refractivity contribution in [2.75, 3.05) is 5.32 Å². The summed E-state index contributed by atoms with van der Waals surface area (Å²) in [6, 6.07) is 14.8. The summed E-state index contributed by atoms with van der Waals surface area (Å²) in [4.78, 5) is 4.19. The third-order valence-corrected chi connectivity index (χ3v) is 2.99. The third kappa shape index (κ3) is 3.86. The van der Waals surface area contributed by atoms with Crippen LogP contribution in [0.15, 0.2) is 53.3 Å². The number of hydrogen-bond acceptors (Lipinski definition) is 2. The van der Waals surface area contributed by atoms with E-state index in [2.05, 4.69) is 57.4 Å². The third-order valence-electron chi connectivity index (χ3n) is 2.53. The number of pyridine rings is 1. The number of benzene rings is 1. The fourth-order valence-electron chi connectivity index (χ4n) is 1.76. The van der Waals surface area contributed by atoms with Crippen molar-refractivity contribution >= 4 is 21.6 Å². The average Bonchev–Trinajstić information content (AvgIpc) is 2.33. The van der Waals surface area contributed by atoms with Gasteiger partial charge < -0.3 is 5.32 Å². The van der Waals surface area contributed by atoms with Gasteiger partial charge in [0.05, 0.1) is 11.9 Å². The molecule has 0 aliphatic rings. The molecular weight excluding hydrogens is 276 g/mol. The lowest BCUT2D eigenvalue weighted by atomic mass is 10.1. The number of anilines is 1. The summed E-state index contributed by atoms with van der Waals surface area (Å²) >= 11 is 3.33. The lowest BCUT2D eigenvalue weighted by Gasteiger charge is -2.15. The highest BCUT2D eigenvalue weighted by molar-refractivity contribution is 9.10. The molecule has 0 radical (unpaired) electrons. The van der Waals surface area contributed by atoms with Crippen LogP contribution in [0.1, 0.15) is 12.5 Å². The molecule has 0 aliphatic heterocycles. The fourth-order valence-corrected chi connectivity index (χ4v) is 2.00. The Morgan fingerprint density at radius 1 is 1.18 bits per heavy atom. The van der Waals surface area contributed by atoms with Crippen LogP contribution in [0, 0.1) is 0 Å². The Balaban J connectivity index is 1.93. The number of rotatable bonds is 4. The Kier molecular flexibility index (Phi) is 4.15. The minimum Gasteiger partial charge on any atom is -0.381 e. The van der Waals surface area contributed by atoms with Crippen molar-refractivity contribution in [3.63, 3.8) is 0 Å². The zero-order chi connectivity index (χ0) is 12.1. The van der Waals surface area contributed by atoms with E-state index in [0.29, 0.717) is 6.04 Å². The van der Waals surface area contributed by atoms with E-state index in [9.17, 15) is 0 Å². The van der Waals surface area contributed by atoms with Crippen LogP contribution in [0.5, 0.6) is 0 Å². The molecule has 0 saturated heterocycles. The second kappa shape index (κ2) is 5.82. The van der Waals surface area contributed by atoms with Gasteiger partial charge in [0.25, 0.3) is 0 Å². The lowest BCUT2D eigenvalue weighted by molar-refractivity contribution is 0.789. The Labute approximate surface area is 110 Å². The van der Waals surface area contributed by atoms with E-state index in [1.807, 2.05) is 24.4 Å². The summed E-state index contributed by atoms with van der Waals surface area (Å²) in [5, 5.41) is 3.43. The molecule has 1 N–H and O–H groups in total. The van der Waals surface area contributed by atoms with Crippen LogP contribution < -0.4 is 5.32 Å². The van der Waals surface area contributed by atoms with Crippen molar-refractivity contribution in [1.29, 1.82) is 0 Å². The molecule has 0 bridgehead atoms. The van der Waals surface area contributed by atoms with Gasteiger partial charge in [-0.15, -0.1) is 0 Å². The number of hydrogen-bond donors (Lipinski definition) is 1. The zero-order valence-corrected chi connectivity index (χ0v) is 11.3. The Hall–Kier alpha value is -1.35. The van der Waals surface area contributed by atoms with Gasteiger partial charge in [-0.05, 0) is 47.0 Å². The maximum absolute atomic E-state index is 4.19. The summed E-state index contributed by atoms with van der Waals surface area (Å²) in [5.41, 5.74) is 2.40. The number of halogens is 1. The van der Waals surface area contributed by atoms with Crippen LogP contribution in [0.25, 0.3) is 0 Å². The first-order valence-corrected chi connectivity index (χ1v) is 6.45. The SMILES string of the molecule is CC(Cc1ccccc1)Nc1ccc(Br)nc1. The summed E-state index contributed by atoms with van der Waals surface area (Å²) in [6.07, 6.45) is 2.85. The highest BCUT2D eigenvalue weighted by Crippen LogP contribution is 2.13. The molecule has 0 spiro atoms. The van der Waals surface area contributed by atoms with Gasteiger partial charge in [0.2, 0.25) is 0 Å². The first kappa shape index (κ1) is 12.1. The first-order chi connectivity index (χ1) is 8.24. The maximum atomic E-state index is 4.19. The molecule has 1 unspecified atom stereocenters. The minimum absolute atomic E-state index is 0.389. The van der Waals surface area contributed by atoms with Gasteiger partial charge in [-0.2, -0.15) is 0 Å². The van der Waals surface area contributed by atoms with Crippen molar-refractivity contribution in [2.24, 2.45) is 0 Å². The second-order valence-electron chi connectivity index (χ2n) is 4.10. The van der Waals surface area contributed by atoms with E-state index in [4.69, 9.17) is 0 Å². The summed E-state index contributed by atoms with van der Waals surface area (Å²) in [6.45, 7) is 2.18. The van der Waals surface area contributed by atoms with E-state index in [1.165, 1.54) is 5.56 Å². The Morgan fingerprint density at radius 2 is 1.94 bits per heavy atom. The molecule has 88 valence electrons. The van der Waals surface area contributed by atoms with Crippen molar-refractivity contribution in [2.45, 2.75) is 19.4 Å². The standard InChI is InChI=1S/C14H15BrN2/c1-11(9-12-5-3-2-4-6-12)17-13-7-8-14(15)16-10-13/h2-8,10-11,17H,9H2,1H3. The van der Waals surface area contributed by atoms with Gasteiger partial charge in [-0.25, -0.2) is 4.98 Å². The molecule has 0 amide bonds. The molecule has 0 aliphatic carbocycles. The van der Waals surface area contributed by atoms with Crippen molar-refractivity contribution < 1.29 is 0 Å². The van der Waals surface area contributed by atoms with E-state index in [-0.39, 0.29) is 0 Å². The van der Waals surface area contributed by atoms with Gasteiger partial charge in [0, 0.05) is 6.04 Å². The zero-order valence-electron chi connectivity index (χ0n) is 9.73. The predicted molar refractivity (Wildman–Crippen MR) is 75.2 cm³/mol. The van der Waals surface area contributed by atoms with Crippen LogP contribution in [0.4, 0.5) is 5.69 Å². The Morgan fingerprint density at radius 3 is 2.59 bits per heavy atom. The number of aromatic nitrogens is 1. The molecule has 3 heteroatoms. The van der Waals surface area contributed by atoms with Crippen LogP contribution in [-0.2, 0) is 6.42 Å². The van der Waals surface area contributed by atoms with Crippen LogP contribution in [0.3, 0.4) is 0 Å². The topological polar surface area (TPSA) is 24.9 Å². The minimum atomic E-state index is 0.389. The first-order valence-electron chi connectivity index (χ1n) is 5.66. The average molecular weight is 291 g/mol. The smallest absolute Gasteiger partial charge is 0.106 e. The lowest BCUT2D eigenvalue weighted by Crippen LogP contribution is -2.18. The Bertz CT molecular complexity index is 453. The van der Waals surface area contributed by atoms with E-state index in [1.54, 1.807) is 0 Å². The second-order valence-corrected chi connectivity index (χ2v) is 4.92. The molecule has 2 rings (SSSR count). The fraction of sp³-hybridized carbons (Fsp3) is 0.214. The molecule has 1 aromatic carbocycles. The molecule has 1 aromatic heterocycles. The van der Waals surface area contributed by atoms with Gasteiger partial charge in [-0.1, -0.05) is 30.3 Å². The molecule has 0 fully saturated rings. The van der Waals surface area contributed by atoms with Crippen molar-refractivity contribution in [3.8, 4) is 0 Å². The molecule has 2 aromatic rings. The van der Waals surface area contributed by atoms with E-state index >= 15 is 0 Å². The molecular formula is C14H15BrN2. The predicted octanol–water partition coefficient (Wildman–Crippen LogP) is 3.89. The van der Waals surface area contributed by atoms with Crippen LogP contribution in [-0.4, -0.2) is 11.0 Å². The van der Waals surface area contributed by atoms with Crippen molar-refractivity contribution in [3.05, 3.63) is 58.8 Å². The molecule has 17 heavy (non-hydrogen) atoms. The van der Waals surface area contributed by atoms with Gasteiger partial charge in [0.15, 0.2) is 0 Å². The molecule has 1 heterocycles. The number of nitrogens with one attached hydrogen (secondary N) is 1.